The van der Waals surface area contributed by atoms with Gasteiger partial charge in [0.05, 0.1) is 6.54 Å². The first kappa shape index (κ1) is 10.5. The van der Waals surface area contributed by atoms with Crippen molar-refractivity contribution in [1.82, 2.24) is 9.88 Å². The topological polar surface area (TPSA) is 33.2 Å². The molecular weight excluding hydrogens is 212 g/mol. The smallest absolute Gasteiger partial charge is 0.184 e. The lowest BCUT2D eigenvalue weighted by Gasteiger charge is -2.22. The summed E-state index contributed by atoms with van der Waals surface area (Å²) in [7, 11) is 0. The second-order valence-corrected chi connectivity index (χ2v) is 4.82. The van der Waals surface area contributed by atoms with E-state index in [0.717, 1.165) is 11.1 Å². The van der Waals surface area contributed by atoms with Crippen LogP contribution in [0, 0.1) is 0 Å². The van der Waals surface area contributed by atoms with Crippen LogP contribution in [0.5, 0.6) is 0 Å². The van der Waals surface area contributed by atoms with Gasteiger partial charge in [0.25, 0.3) is 0 Å². The molecular formula is C14H16N2O. The van der Waals surface area contributed by atoms with E-state index in [-0.39, 0.29) is 5.78 Å². The Bertz CT molecular complexity index is 447. The number of nitrogens with zero attached hydrogens (tertiary/aromatic N) is 2. The van der Waals surface area contributed by atoms with E-state index in [4.69, 9.17) is 0 Å². The van der Waals surface area contributed by atoms with Crippen LogP contribution in [0.1, 0.15) is 31.2 Å². The average Bonchev–Trinajstić information content (AvgIpc) is 2.99. The zero-order chi connectivity index (χ0) is 11.7. The Labute approximate surface area is 101 Å². The molecule has 1 fully saturated rings. The van der Waals surface area contributed by atoms with Gasteiger partial charge < -0.3 is 4.90 Å². The van der Waals surface area contributed by atoms with Crippen molar-refractivity contribution in [2.24, 2.45) is 0 Å². The summed E-state index contributed by atoms with van der Waals surface area (Å²) >= 11 is 0. The Morgan fingerprint density at radius 3 is 2.82 bits per heavy atom. The quantitative estimate of drug-likeness (QED) is 0.778. The molecule has 0 radical (unpaired) electrons. The Kier molecular flexibility index (Phi) is 2.67. The molecule has 1 aliphatic carbocycles. The molecule has 17 heavy (non-hydrogen) atoms. The van der Waals surface area contributed by atoms with E-state index in [0.29, 0.717) is 12.6 Å². The lowest BCUT2D eigenvalue weighted by atomic mass is 10.1. The third-order valence-electron chi connectivity index (χ3n) is 3.69. The van der Waals surface area contributed by atoms with E-state index in [9.17, 15) is 4.79 Å². The Balaban J connectivity index is 1.84. The standard InChI is InChI=1S/C14H16N2O/c17-14-10-16(12-5-1-2-6-12)9-13(14)11-4-3-7-15-8-11/h3-4,7-9,12H,1-2,5-6,10H2. The van der Waals surface area contributed by atoms with Crippen molar-refractivity contribution >= 4 is 11.4 Å². The van der Waals surface area contributed by atoms with E-state index in [1.54, 1.807) is 12.4 Å². The molecule has 3 heteroatoms. The number of Topliss-reactive ketones (excluding diaryl/α,β-unsaturated/α-hetero) is 1. The lowest BCUT2D eigenvalue weighted by molar-refractivity contribution is -0.113. The van der Waals surface area contributed by atoms with Gasteiger partial charge in [0.15, 0.2) is 5.78 Å². The van der Waals surface area contributed by atoms with Gasteiger partial charge in [0, 0.05) is 35.8 Å². The van der Waals surface area contributed by atoms with Crippen LogP contribution in [-0.2, 0) is 4.79 Å². The minimum atomic E-state index is 0.227. The highest BCUT2D eigenvalue weighted by atomic mass is 16.1. The highest BCUT2D eigenvalue weighted by Gasteiger charge is 2.29. The van der Waals surface area contributed by atoms with Crippen molar-refractivity contribution in [2.45, 2.75) is 31.7 Å². The van der Waals surface area contributed by atoms with E-state index in [1.165, 1.54) is 25.7 Å². The van der Waals surface area contributed by atoms with Gasteiger partial charge >= 0.3 is 0 Å². The van der Waals surface area contributed by atoms with Crippen LogP contribution in [0.2, 0.25) is 0 Å². The van der Waals surface area contributed by atoms with Crippen molar-refractivity contribution in [3.05, 3.63) is 36.3 Å². The second kappa shape index (κ2) is 4.32. The average molecular weight is 228 g/mol. The highest BCUT2D eigenvalue weighted by molar-refractivity contribution is 6.23. The predicted molar refractivity (Wildman–Crippen MR) is 66.2 cm³/mol. The minimum absolute atomic E-state index is 0.227. The Hall–Kier alpha value is -1.64. The van der Waals surface area contributed by atoms with Crippen molar-refractivity contribution in [1.29, 1.82) is 0 Å². The van der Waals surface area contributed by atoms with Crippen LogP contribution in [0.3, 0.4) is 0 Å². The number of hydrogen-bond acceptors (Lipinski definition) is 3. The molecule has 2 aliphatic rings. The molecule has 1 aromatic heterocycles. The van der Waals surface area contributed by atoms with Gasteiger partial charge in [-0.05, 0) is 18.9 Å². The maximum atomic E-state index is 12.0. The fourth-order valence-corrected chi connectivity index (χ4v) is 2.76. The summed E-state index contributed by atoms with van der Waals surface area (Å²) in [5.41, 5.74) is 1.77. The molecule has 3 nitrogen and oxygen atoms in total. The second-order valence-electron chi connectivity index (χ2n) is 4.82. The van der Waals surface area contributed by atoms with Crippen molar-refractivity contribution in [3.63, 3.8) is 0 Å². The van der Waals surface area contributed by atoms with Gasteiger partial charge in [-0.1, -0.05) is 18.9 Å². The van der Waals surface area contributed by atoms with Crippen molar-refractivity contribution in [3.8, 4) is 0 Å². The number of hydrogen-bond donors (Lipinski definition) is 0. The molecule has 1 aliphatic heterocycles. The molecule has 1 saturated carbocycles. The molecule has 0 aromatic carbocycles. The number of ketones is 1. The number of carbonyl (C=O) groups is 1. The van der Waals surface area contributed by atoms with Gasteiger partial charge in [-0.15, -0.1) is 0 Å². The highest BCUT2D eigenvalue weighted by Crippen LogP contribution is 2.29. The summed E-state index contributed by atoms with van der Waals surface area (Å²) in [5.74, 6) is 0.227. The largest absolute Gasteiger partial charge is 0.366 e. The number of aromatic nitrogens is 1. The first-order chi connectivity index (χ1) is 8.34. The molecule has 0 atom stereocenters. The third-order valence-corrected chi connectivity index (χ3v) is 3.69. The molecule has 3 rings (SSSR count). The number of rotatable bonds is 2. The Morgan fingerprint density at radius 2 is 2.12 bits per heavy atom. The summed E-state index contributed by atoms with van der Waals surface area (Å²) in [6.45, 7) is 0.550. The van der Waals surface area contributed by atoms with E-state index in [2.05, 4.69) is 9.88 Å². The molecule has 0 N–H and O–H groups in total. The molecule has 2 heterocycles. The zero-order valence-corrected chi connectivity index (χ0v) is 9.80. The van der Waals surface area contributed by atoms with Crippen LogP contribution in [-0.4, -0.2) is 28.3 Å². The maximum Gasteiger partial charge on any atom is 0.184 e. The van der Waals surface area contributed by atoms with Crippen molar-refractivity contribution in [2.75, 3.05) is 6.54 Å². The molecule has 1 aromatic rings. The molecule has 0 spiro atoms. The van der Waals surface area contributed by atoms with Gasteiger partial charge in [0.1, 0.15) is 0 Å². The molecule has 0 amide bonds. The van der Waals surface area contributed by atoms with E-state index >= 15 is 0 Å². The lowest BCUT2D eigenvalue weighted by Crippen LogP contribution is -2.28. The first-order valence-corrected chi connectivity index (χ1v) is 6.26. The van der Waals surface area contributed by atoms with E-state index in [1.807, 2.05) is 18.3 Å². The fraction of sp³-hybridized carbons (Fsp3) is 0.429. The summed E-state index contributed by atoms with van der Waals surface area (Å²) in [4.78, 5) is 18.3. The monoisotopic (exact) mass is 228 g/mol. The minimum Gasteiger partial charge on any atom is -0.366 e. The van der Waals surface area contributed by atoms with Crippen LogP contribution in [0.15, 0.2) is 30.7 Å². The van der Waals surface area contributed by atoms with E-state index < -0.39 is 0 Å². The normalized spacial score (nSPS) is 21.1. The number of pyridine rings is 1. The van der Waals surface area contributed by atoms with Crippen molar-refractivity contribution < 1.29 is 4.79 Å². The van der Waals surface area contributed by atoms with Gasteiger partial charge in [-0.25, -0.2) is 0 Å². The number of carbonyl (C=O) groups excluding carboxylic acids is 1. The fourth-order valence-electron chi connectivity index (χ4n) is 2.76. The summed E-state index contributed by atoms with van der Waals surface area (Å²) < 4.78 is 0. The third kappa shape index (κ3) is 1.97. The summed E-state index contributed by atoms with van der Waals surface area (Å²) in [6.07, 6.45) is 10.6. The van der Waals surface area contributed by atoms with Crippen LogP contribution >= 0.6 is 0 Å². The first-order valence-electron chi connectivity index (χ1n) is 6.26. The van der Waals surface area contributed by atoms with Gasteiger partial charge in [-0.2, -0.15) is 0 Å². The van der Waals surface area contributed by atoms with Crippen LogP contribution < -0.4 is 0 Å². The Morgan fingerprint density at radius 1 is 1.29 bits per heavy atom. The molecule has 0 bridgehead atoms. The zero-order valence-electron chi connectivity index (χ0n) is 9.80. The van der Waals surface area contributed by atoms with Gasteiger partial charge in [-0.3, -0.25) is 9.78 Å². The molecule has 0 saturated heterocycles. The van der Waals surface area contributed by atoms with Crippen LogP contribution in [0.25, 0.3) is 5.57 Å². The summed E-state index contributed by atoms with van der Waals surface area (Å²) in [6, 6.07) is 4.41. The maximum absolute atomic E-state index is 12.0. The van der Waals surface area contributed by atoms with Crippen LogP contribution in [0.4, 0.5) is 0 Å². The summed E-state index contributed by atoms with van der Waals surface area (Å²) in [5, 5.41) is 0. The predicted octanol–water partition coefficient (Wildman–Crippen LogP) is 2.25. The molecule has 88 valence electrons. The SMILES string of the molecule is O=C1CN(C2CCCC2)C=C1c1cccnc1. The molecule has 0 unspecified atom stereocenters. The van der Waals surface area contributed by atoms with Gasteiger partial charge in [0.2, 0.25) is 0 Å².